The zero-order valence-corrected chi connectivity index (χ0v) is 32.2. The van der Waals surface area contributed by atoms with Crippen LogP contribution < -0.4 is 5.32 Å². The van der Waals surface area contributed by atoms with Gasteiger partial charge in [-0.25, -0.2) is 9.37 Å². The van der Waals surface area contributed by atoms with E-state index in [0.717, 1.165) is 61.7 Å². The summed E-state index contributed by atoms with van der Waals surface area (Å²) >= 11 is 13.3. The van der Waals surface area contributed by atoms with Gasteiger partial charge < -0.3 is 19.7 Å². The highest BCUT2D eigenvalue weighted by Crippen LogP contribution is 2.56. The molecule has 11 rings (SSSR count). The molecule has 3 aromatic heterocycles. The highest BCUT2D eigenvalue weighted by Gasteiger charge is 2.55. The molecule has 6 heterocycles. The number of carbonyl (C=O) groups is 2. The van der Waals surface area contributed by atoms with Crippen molar-refractivity contribution in [2.24, 2.45) is 17.8 Å². The largest absolute Gasteiger partial charge is 0.343 e. The molecule has 6 atom stereocenters. The maximum atomic E-state index is 17.7. The van der Waals surface area contributed by atoms with Crippen LogP contribution in [0.25, 0.3) is 44.2 Å². The van der Waals surface area contributed by atoms with Crippen LogP contribution in [0, 0.1) is 34.9 Å². The Labute approximate surface area is 328 Å². The molecule has 2 amide bonds. The Morgan fingerprint density at radius 2 is 1.89 bits per heavy atom. The van der Waals surface area contributed by atoms with E-state index in [0.29, 0.717) is 56.7 Å². The Balaban J connectivity index is 1.30. The van der Waals surface area contributed by atoms with E-state index in [-0.39, 0.29) is 64.4 Å². The summed E-state index contributed by atoms with van der Waals surface area (Å²) in [7, 11) is 3.37. The summed E-state index contributed by atoms with van der Waals surface area (Å²) < 4.78 is 20.2. The smallest absolute Gasteiger partial charge is 0.271 e. The zero-order valence-electron chi connectivity index (χ0n) is 30.7. The molecular formula is C43H40Cl2FN7O2. The number of benzene rings is 2. The van der Waals surface area contributed by atoms with Crippen molar-refractivity contribution in [3.05, 3.63) is 81.5 Å². The van der Waals surface area contributed by atoms with E-state index in [9.17, 15) is 14.9 Å². The molecule has 3 saturated carbocycles. The second-order valence-electron chi connectivity index (χ2n) is 16.4. The number of likely N-dealkylation sites (tertiary alicyclic amines) is 1. The number of fused-ring (bicyclic) bond motifs is 6. The number of halogens is 3. The number of rotatable bonds is 8. The maximum absolute atomic E-state index is 17.7. The van der Waals surface area contributed by atoms with Gasteiger partial charge in [0.05, 0.1) is 39.4 Å². The van der Waals surface area contributed by atoms with Crippen molar-refractivity contribution in [1.82, 2.24) is 29.7 Å². The molecule has 4 bridgehead atoms. The fourth-order valence-corrected chi connectivity index (χ4v) is 10.7. The predicted octanol–water partition coefficient (Wildman–Crippen LogP) is 8.52. The second-order valence-corrected chi connectivity index (χ2v) is 17.2. The van der Waals surface area contributed by atoms with Gasteiger partial charge in [0, 0.05) is 84.4 Å². The Kier molecular flexibility index (Phi) is 8.25. The number of nitrogens with one attached hydrogen (secondary N) is 1. The number of piperidine rings is 1. The van der Waals surface area contributed by atoms with E-state index in [1.807, 2.05) is 12.1 Å². The van der Waals surface area contributed by atoms with Gasteiger partial charge in [-0.3, -0.25) is 14.6 Å². The molecule has 3 aliphatic heterocycles. The minimum atomic E-state index is -0.542. The fraction of sp³-hybridized carbons (Fsp3) is 0.419. The molecule has 3 aliphatic carbocycles. The highest BCUT2D eigenvalue weighted by atomic mass is 35.5. The van der Waals surface area contributed by atoms with Crippen LogP contribution >= 0.6 is 23.2 Å². The third-order valence-electron chi connectivity index (χ3n) is 13.0. The molecule has 280 valence electrons. The monoisotopic (exact) mass is 775 g/mol. The van der Waals surface area contributed by atoms with Crippen LogP contribution in [-0.4, -0.2) is 68.9 Å². The van der Waals surface area contributed by atoms with E-state index in [1.165, 1.54) is 4.90 Å². The molecule has 55 heavy (non-hydrogen) atoms. The van der Waals surface area contributed by atoms with E-state index in [4.69, 9.17) is 28.2 Å². The number of nitrogens with zero attached hydrogens (tertiary/aromatic N) is 6. The van der Waals surface area contributed by atoms with Crippen LogP contribution in [0.5, 0.6) is 0 Å². The third kappa shape index (κ3) is 5.33. The lowest BCUT2D eigenvalue weighted by Gasteiger charge is -2.42. The topological polar surface area (TPSA) is 107 Å². The first-order chi connectivity index (χ1) is 26.6. The van der Waals surface area contributed by atoms with Crippen molar-refractivity contribution in [3.63, 3.8) is 0 Å². The number of hydrogen-bond donors (Lipinski definition) is 1. The Hall–Kier alpha value is -4.56. The van der Waals surface area contributed by atoms with Gasteiger partial charge in [-0.05, 0) is 92.7 Å². The minimum Gasteiger partial charge on any atom is -0.343 e. The molecule has 5 aromatic rings. The van der Waals surface area contributed by atoms with Crippen LogP contribution in [-0.2, 0) is 11.2 Å². The molecule has 6 aliphatic rings. The summed E-state index contributed by atoms with van der Waals surface area (Å²) in [5.41, 5.74) is 4.98. The summed E-state index contributed by atoms with van der Waals surface area (Å²) in [5.74, 6) is 0.330. The van der Waals surface area contributed by atoms with E-state index in [1.54, 1.807) is 44.6 Å². The fourth-order valence-electron chi connectivity index (χ4n) is 10.3. The summed E-state index contributed by atoms with van der Waals surface area (Å²) in [5, 5.41) is 15.5. The molecular weight excluding hydrogens is 736 g/mol. The number of hydrogen-bond acceptors (Lipinski definition) is 6. The van der Waals surface area contributed by atoms with Crippen LogP contribution in [0.15, 0.2) is 48.7 Å². The number of aryl methyl sites for hydroxylation is 1. The van der Waals surface area contributed by atoms with Crippen LogP contribution in [0.4, 0.5) is 4.39 Å². The van der Waals surface area contributed by atoms with Crippen LogP contribution in [0.1, 0.15) is 78.8 Å². The van der Waals surface area contributed by atoms with Gasteiger partial charge in [0.2, 0.25) is 5.91 Å². The van der Waals surface area contributed by atoms with Crippen LogP contribution in [0.3, 0.4) is 0 Å². The summed E-state index contributed by atoms with van der Waals surface area (Å²) in [6.07, 6.45) is 8.16. The van der Waals surface area contributed by atoms with E-state index < -0.39 is 5.82 Å². The molecule has 1 N–H and O–H groups in total. The molecule has 9 nitrogen and oxygen atoms in total. The van der Waals surface area contributed by atoms with E-state index >= 15 is 4.39 Å². The second kappa shape index (κ2) is 13.0. The highest BCUT2D eigenvalue weighted by molar-refractivity contribution is 6.43. The molecule has 0 unspecified atom stereocenters. The van der Waals surface area contributed by atoms with Gasteiger partial charge in [-0.15, -0.1) is 0 Å². The van der Waals surface area contributed by atoms with E-state index in [2.05, 4.69) is 31.9 Å². The molecule has 6 fully saturated rings. The van der Waals surface area contributed by atoms with Crippen molar-refractivity contribution >= 4 is 56.8 Å². The van der Waals surface area contributed by atoms with Gasteiger partial charge in [-0.2, -0.15) is 5.26 Å². The molecule has 0 spiro atoms. The van der Waals surface area contributed by atoms with Crippen molar-refractivity contribution in [1.29, 1.82) is 5.26 Å². The summed E-state index contributed by atoms with van der Waals surface area (Å²) in [6.45, 7) is 0.899. The maximum Gasteiger partial charge on any atom is 0.271 e. The van der Waals surface area contributed by atoms with Crippen molar-refractivity contribution < 1.29 is 14.0 Å². The third-order valence-corrected chi connectivity index (χ3v) is 13.8. The number of aromatic nitrogens is 3. The quantitative estimate of drug-likeness (QED) is 0.169. The van der Waals surface area contributed by atoms with Crippen molar-refractivity contribution in [2.45, 2.75) is 75.5 Å². The molecule has 0 radical (unpaired) electrons. The first kappa shape index (κ1) is 34.9. The van der Waals surface area contributed by atoms with Gasteiger partial charge in [-0.1, -0.05) is 35.3 Å². The Bertz CT molecular complexity index is 2480. The molecule has 3 saturated heterocycles. The Morgan fingerprint density at radius 3 is 2.58 bits per heavy atom. The average molecular weight is 777 g/mol. The molecule has 12 heteroatoms. The SMILES string of the molecule is CN(C)C(=O)c1ccc(-c2nc3c(F)c(-c4cccc(Cl)c4Cl)c(CCC#N)cc3c3c2cc([C@H]2[C@@H]4CC[C@@H](C4)N2C(=O)C2CC2)n3[C@H]2[C@H]3CN[C@@H]2C3)cn1. The lowest BCUT2D eigenvalue weighted by Crippen LogP contribution is -2.44. The van der Waals surface area contributed by atoms with Gasteiger partial charge >= 0.3 is 0 Å². The first-order valence-electron chi connectivity index (χ1n) is 19.4. The number of pyridine rings is 2. The first-order valence-corrected chi connectivity index (χ1v) is 20.1. The number of carbonyl (C=O) groups excluding carboxylic acids is 2. The van der Waals surface area contributed by atoms with Crippen molar-refractivity contribution in [2.75, 3.05) is 20.6 Å². The lowest BCUT2D eigenvalue weighted by molar-refractivity contribution is -0.137. The van der Waals surface area contributed by atoms with Gasteiger partial charge in [0.1, 0.15) is 11.2 Å². The average Bonchev–Trinajstić information content (AvgIpc) is 3.61. The van der Waals surface area contributed by atoms with Crippen molar-refractivity contribution in [3.8, 4) is 28.5 Å². The minimum absolute atomic E-state index is 0.0900. The predicted molar refractivity (Wildman–Crippen MR) is 210 cm³/mol. The number of amides is 2. The number of nitriles is 1. The summed E-state index contributed by atoms with van der Waals surface area (Å²) in [4.78, 5) is 40.4. The molecule has 2 aromatic carbocycles. The van der Waals surface area contributed by atoms with Gasteiger partial charge in [0.25, 0.3) is 5.91 Å². The summed E-state index contributed by atoms with van der Waals surface area (Å²) in [6, 6.07) is 15.7. The Morgan fingerprint density at radius 1 is 1.05 bits per heavy atom. The zero-order chi connectivity index (χ0) is 37.9. The van der Waals surface area contributed by atoms with Crippen LogP contribution in [0.2, 0.25) is 10.0 Å². The standard InChI is InChI=1S/C43H40Cl2FN7O2/c1-51(2)43(55)31-13-11-24(19-48-31)37-29-18-33(40-23-10-12-26(15-23)52(40)42(54)21-8-9-21)53(39-25-17-32(39)49-20-25)41(29)28-16-22(5-4-14-47)34(36(46)38(28)50-37)27-6-3-7-30(44)35(27)45/h3,6-7,11,13,16,18-19,21,23,25-26,32,39-40,49H,4-5,8-10,12,15,17,20H2,1-2H3/t23-,25-,26+,32-,39+,40-/m1/s1. The lowest BCUT2D eigenvalue weighted by atomic mass is 9.79. The van der Waals surface area contributed by atoms with Gasteiger partial charge in [0.15, 0.2) is 5.82 Å². The normalized spacial score (nSPS) is 25.1.